The van der Waals surface area contributed by atoms with Crippen LogP contribution in [-0.2, 0) is 0 Å². The van der Waals surface area contributed by atoms with E-state index in [0.29, 0.717) is 11.7 Å². The SMILES string of the molecule is CCC[C@H]1CC[C@H](c2ccc(OCCC(F)=C(F)F)cc2)CC1. The van der Waals surface area contributed by atoms with Crippen LogP contribution in [0.15, 0.2) is 36.2 Å². The molecule has 0 amide bonds. The fraction of sp³-hybridized carbons (Fsp3) is 0.579. The van der Waals surface area contributed by atoms with Crippen LogP contribution >= 0.6 is 0 Å². The highest BCUT2D eigenvalue weighted by molar-refractivity contribution is 5.29. The summed E-state index contributed by atoms with van der Waals surface area (Å²) in [5.41, 5.74) is 1.31. The third-order valence-corrected chi connectivity index (χ3v) is 4.69. The average molecular weight is 326 g/mol. The van der Waals surface area contributed by atoms with Crippen molar-refractivity contribution in [2.24, 2.45) is 5.92 Å². The van der Waals surface area contributed by atoms with E-state index in [9.17, 15) is 13.2 Å². The van der Waals surface area contributed by atoms with Gasteiger partial charge in [-0.1, -0.05) is 31.9 Å². The lowest BCUT2D eigenvalue weighted by Crippen LogP contribution is -2.13. The zero-order chi connectivity index (χ0) is 16.7. The molecule has 23 heavy (non-hydrogen) atoms. The van der Waals surface area contributed by atoms with Crippen LogP contribution < -0.4 is 4.74 Å². The first-order valence-corrected chi connectivity index (χ1v) is 8.52. The maximum atomic E-state index is 12.7. The molecular formula is C19H25F3O. The summed E-state index contributed by atoms with van der Waals surface area (Å²) in [7, 11) is 0. The molecule has 0 radical (unpaired) electrons. The Labute approximate surface area is 136 Å². The lowest BCUT2D eigenvalue weighted by molar-refractivity contribution is 0.294. The van der Waals surface area contributed by atoms with E-state index in [2.05, 4.69) is 6.92 Å². The smallest absolute Gasteiger partial charge is 0.301 e. The average Bonchev–Trinajstić information content (AvgIpc) is 2.56. The number of hydrogen-bond donors (Lipinski definition) is 0. The molecule has 0 bridgehead atoms. The molecule has 1 saturated carbocycles. The van der Waals surface area contributed by atoms with E-state index in [1.807, 2.05) is 24.3 Å². The zero-order valence-electron chi connectivity index (χ0n) is 13.7. The lowest BCUT2D eigenvalue weighted by Gasteiger charge is -2.28. The summed E-state index contributed by atoms with van der Waals surface area (Å²) in [4.78, 5) is 0. The van der Waals surface area contributed by atoms with Gasteiger partial charge in [0.25, 0.3) is 0 Å². The van der Waals surface area contributed by atoms with Gasteiger partial charge < -0.3 is 4.74 Å². The van der Waals surface area contributed by atoms with E-state index in [1.165, 1.54) is 44.1 Å². The summed E-state index contributed by atoms with van der Waals surface area (Å²) < 4.78 is 41.9. The second-order valence-corrected chi connectivity index (χ2v) is 6.34. The normalized spacial score (nSPS) is 21.0. The van der Waals surface area contributed by atoms with Gasteiger partial charge in [-0.25, -0.2) is 4.39 Å². The summed E-state index contributed by atoms with van der Waals surface area (Å²) >= 11 is 0. The predicted octanol–water partition coefficient (Wildman–Crippen LogP) is 6.61. The van der Waals surface area contributed by atoms with Gasteiger partial charge in [-0.15, -0.1) is 0 Å². The molecule has 0 atom stereocenters. The number of hydrogen-bond acceptors (Lipinski definition) is 1. The maximum Gasteiger partial charge on any atom is 0.301 e. The van der Waals surface area contributed by atoms with E-state index in [4.69, 9.17) is 4.74 Å². The van der Waals surface area contributed by atoms with Crippen molar-refractivity contribution in [2.45, 2.75) is 57.8 Å². The van der Waals surface area contributed by atoms with E-state index in [0.717, 1.165) is 5.92 Å². The van der Waals surface area contributed by atoms with Gasteiger partial charge in [-0.2, -0.15) is 8.78 Å². The molecular weight excluding hydrogens is 301 g/mol. The first-order valence-electron chi connectivity index (χ1n) is 8.52. The second kappa shape index (κ2) is 8.99. The standard InChI is InChI=1S/C19H25F3O/c1-2-3-14-4-6-15(7-5-14)16-8-10-17(11-9-16)23-13-12-18(20)19(21)22/h8-11,14-15H,2-7,12-13H2,1H3/t14-,15-. The van der Waals surface area contributed by atoms with Crippen molar-refractivity contribution >= 4 is 0 Å². The summed E-state index contributed by atoms with van der Waals surface area (Å²) in [6.45, 7) is 2.17. The molecule has 0 N–H and O–H groups in total. The van der Waals surface area contributed by atoms with Crippen LogP contribution in [0.1, 0.15) is 63.4 Å². The van der Waals surface area contributed by atoms with Crippen molar-refractivity contribution in [2.75, 3.05) is 6.61 Å². The summed E-state index contributed by atoms with van der Waals surface area (Å²) in [5.74, 6) is 0.696. The van der Waals surface area contributed by atoms with Gasteiger partial charge in [-0.05, 0) is 55.2 Å². The van der Waals surface area contributed by atoms with E-state index in [-0.39, 0.29) is 6.61 Å². The molecule has 4 heteroatoms. The molecule has 1 aliphatic rings. The first kappa shape index (κ1) is 17.9. The molecule has 1 aliphatic carbocycles. The molecule has 0 unspecified atom stereocenters. The summed E-state index contributed by atoms with van der Waals surface area (Å²) in [6.07, 6.45) is 5.02. The number of halogens is 3. The molecule has 1 fully saturated rings. The molecule has 1 nitrogen and oxygen atoms in total. The van der Waals surface area contributed by atoms with Crippen LogP contribution in [0, 0.1) is 5.92 Å². The molecule has 0 heterocycles. The van der Waals surface area contributed by atoms with Crippen LogP contribution in [0.4, 0.5) is 13.2 Å². The molecule has 1 aromatic rings. The molecule has 0 spiro atoms. The fourth-order valence-electron chi connectivity index (χ4n) is 3.38. The minimum atomic E-state index is -2.26. The highest BCUT2D eigenvalue weighted by Gasteiger charge is 2.21. The van der Waals surface area contributed by atoms with Crippen LogP contribution in [0.3, 0.4) is 0 Å². The highest BCUT2D eigenvalue weighted by atomic mass is 19.3. The monoisotopic (exact) mass is 326 g/mol. The zero-order valence-corrected chi connectivity index (χ0v) is 13.7. The van der Waals surface area contributed by atoms with Crippen molar-refractivity contribution in [3.05, 3.63) is 41.7 Å². The van der Waals surface area contributed by atoms with E-state index >= 15 is 0 Å². The van der Waals surface area contributed by atoms with Crippen LogP contribution in [0.5, 0.6) is 5.75 Å². The number of ether oxygens (including phenoxy) is 1. The Bertz CT molecular complexity index is 498. The van der Waals surface area contributed by atoms with Crippen LogP contribution in [0.25, 0.3) is 0 Å². The first-order chi connectivity index (χ1) is 11.1. The van der Waals surface area contributed by atoms with Crippen LogP contribution in [-0.4, -0.2) is 6.61 Å². The summed E-state index contributed by atoms with van der Waals surface area (Å²) in [6, 6.07) is 7.78. The van der Waals surface area contributed by atoms with Gasteiger partial charge in [0.1, 0.15) is 5.75 Å². The number of benzene rings is 1. The Kier molecular flexibility index (Phi) is 7.00. The van der Waals surface area contributed by atoms with Crippen molar-refractivity contribution in [1.29, 1.82) is 0 Å². The second-order valence-electron chi connectivity index (χ2n) is 6.34. The Balaban J connectivity index is 1.80. The quantitative estimate of drug-likeness (QED) is 0.548. The third-order valence-electron chi connectivity index (χ3n) is 4.69. The van der Waals surface area contributed by atoms with E-state index < -0.39 is 18.3 Å². The topological polar surface area (TPSA) is 9.23 Å². The van der Waals surface area contributed by atoms with Crippen molar-refractivity contribution in [3.63, 3.8) is 0 Å². The Morgan fingerprint density at radius 2 is 1.70 bits per heavy atom. The Morgan fingerprint density at radius 3 is 2.26 bits per heavy atom. The number of rotatable bonds is 7. The van der Waals surface area contributed by atoms with Crippen molar-refractivity contribution in [3.8, 4) is 5.75 Å². The van der Waals surface area contributed by atoms with Gasteiger partial charge in [0.15, 0.2) is 5.83 Å². The Hall–Kier alpha value is -1.45. The van der Waals surface area contributed by atoms with E-state index in [1.54, 1.807) is 0 Å². The van der Waals surface area contributed by atoms with Crippen molar-refractivity contribution < 1.29 is 17.9 Å². The van der Waals surface area contributed by atoms with Gasteiger partial charge in [0.2, 0.25) is 0 Å². The minimum absolute atomic E-state index is 0.0787. The third kappa shape index (κ3) is 5.60. The highest BCUT2D eigenvalue weighted by Crippen LogP contribution is 2.37. The van der Waals surface area contributed by atoms with Crippen molar-refractivity contribution in [1.82, 2.24) is 0 Å². The van der Waals surface area contributed by atoms with Gasteiger partial charge in [-0.3, -0.25) is 0 Å². The molecule has 0 aromatic heterocycles. The molecule has 1 aromatic carbocycles. The molecule has 128 valence electrons. The Morgan fingerprint density at radius 1 is 1.04 bits per heavy atom. The minimum Gasteiger partial charge on any atom is -0.493 e. The molecule has 0 aliphatic heterocycles. The molecule has 0 saturated heterocycles. The molecule has 2 rings (SSSR count). The largest absolute Gasteiger partial charge is 0.493 e. The maximum absolute atomic E-state index is 12.7. The van der Waals surface area contributed by atoms with Gasteiger partial charge >= 0.3 is 6.08 Å². The lowest BCUT2D eigenvalue weighted by atomic mass is 9.77. The predicted molar refractivity (Wildman–Crippen MR) is 86.5 cm³/mol. The van der Waals surface area contributed by atoms with Gasteiger partial charge in [0.05, 0.1) is 6.61 Å². The summed E-state index contributed by atoms with van der Waals surface area (Å²) in [5, 5.41) is 0. The van der Waals surface area contributed by atoms with Crippen LogP contribution in [0.2, 0.25) is 0 Å². The van der Waals surface area contributed by atoms with Gasteiger partial charge in [0, 0.05) is 6.42 Å². The fourth-order valence-corrected chi connectivity index (χ4v) is 3.38.